The van der Waals surface area contributed by atoms with Gasteiger partial charge in [0.1, 0.15) is 11.9 Å². The zero-order chi connectivity index (χ0) is 30.7. The van der Waals surface area contributed by atoms with E-state index in [1.54, 1.807) is 15.3 Å². The van der Waals surface area contributed by atoms with Crippen LogP contribution in [0.15, 0.2) is 33.8 Å². The van der Waals surface area contributed by atoms with Crippen LogP contribution in [0.4, 0.5) is 0 Å². The van der Waals surface area contributed by atoms with Gasteiger partial charge in [0.15, 0.2) is 28.6 Å². The van der Waals surface area contributed by atoms with Gasteiger partial charge in [0.2, 0.25) is 5.88 Å². The second kappa shape index (κ2) is 11.2. The minimum Gasteiger partial charge on any atom is -0.473 e. The summed E-state index contributed by atoms with van der Waals surface area (Å²) in [5.74, 6) is 2.17. The summed E-state index contributed by atoms with van der Waals surface area (Å²) in [6.07, 6.45) is 12.2. The Balaban J connectivity index is 1.22. The number of hydrogen-bond acceptors (Lipinski definition) is 10. The number of hydrogen-bond donors (Lipinski definition) is 0. The van der Waals surface area contributed by atoms with Gasteiger partial charge in [-0.25, -0.2) is 9.67 Å². The van der Waals surface area contributed by atoms with E-state index in [-0.39, 0.29) is 29.5 Å². The number of aromatic nitrogens is 6. The number of carbonyl (C=O) groups excluding carboxylic acids is 1. The Bertz CT molecular complexity index is 1820. The third-order valence-electron chi connectivity index (χ3n) is 10.5. The third kappa shape index (κ3) is 4.80. The number of pyridine rings is 1. The zero-order valence-electron chi connectivity index (χ0n) is 25.9. The number of ether oxygens (including phenoxy) is 2. The molecule has 0 bridgehead atoms. The number of nitrogens with zero attached hydrogens (tertiary/aromatic N) is 7. The number of rotatable bonds is 6. The Kier molecular flexibility index (Phi) is 7.09. The summed E-state index contributed by atoms with van der Waals surface area (Å²) >= 11 is 0. The monoisotopic (exact) mass is 613 g/mol. The van der Waals surface area contributed by atoms with E-state index in [2.05, 4.69) is 24.0 Å². The van der Waals surface area contributed by atoms with Gasteiger partial charge in [-0.2, -0.15) is 10.1 Å². The fourth-order valence-corrected chi connectivity index (χ4v) is 8.04. The summed E-state index contributed by atoms with van der Waals surface area (Å²) in [5.41, 5.74) is 1.07. The molecule has 0 radical (unpaired) electrons. The van der Waals surface area contributed by atoms with Crippen LogP contribution in [-0.2, 0) is 21.4 Å². The molecule has 12 heteroatoms. The van der Waals surface area contributed by atoms with Crippen molar-refractivity contribution in [3.63, 3.8) is 0 Å². The van der Waals surface area contributed by atoms with Crippen LogP contribution in [0.1, 0.15) is 82.1 Å². The number of likely N-dealkylation sites (N-methyl/N-ethyl adjacent to an activating group) is 1. The fraction of sp³-hybridized carbons (Fsp3) is 0.576. The van der Waals surface area contributed by atoms with Crippen LogP contribution < -0.4 is 10.3 Å². The topological polar surface area (TPSA) is 130 Å². The average Bonchev–Trinajstić information content (AvgIpc) is 3.86. The summed E-state index contributed by atoms with van der Waals surface area (Å²) in [4.78, 5) is 38.8. The number of Topliss-reactive ketones (excluding diaryl/α,β-unsaturated/α-hetero) is 1. The normalized spacial score (nSPS) is 26.1. The van der Waals surface area contributed by atoms with E-state index < -0.39 is 5.41 Å². The molecule has 4 aliphatic rings. The molecule has 4 atom stereocenters. The quantitative estimate of drug-likeness (QED) is 0.312. The van der Waals surface area contributed by atoms with E-state index >= 15 is 0 Å². The van der Waals surface area contributed by atoms with Crippen molar-refractivity contribution in [2.24, 2.45) is 0 Å². The van der Waals surface area contributed by atoms with Crippen LogP contribution in [0.5, 0.6) is 5.88 Å². The van der Waals surface area contributed by atoms with Crippen molar-refractivity contribution >= 4 is 16.7 Å². The van der Waals surface area contributed by atoms with Gasteiger partial charge in [-0.3, -0.25) is 14.5 Å². The standard InChI is InChI=1S/C33H39N7O5/c1-20(24-8-6-14-38(24)2)44-27-17-26(40-18-21-10-15-39(22-11-16-43-19-22)32(42)28(21)36-40)34-31(35-27)29-23-7-5-13-33(30(23)45-37-29)12-4-3-9-25(33)41/h10,15,17-18,20,22,24H,3-9,11-14,16,19H2,1-2H3/t20-,22+,24-,33+/m0/s1. The molecule has 12 nitrogen and oxygen atoms in total. The number of fused-ring (bicyclic) bond motifs is 3. The molecule has 0 unspecified atom stereocenters. The lowest BCUT2D eigenvalue weighted by molar-refractivity contribution is -0.128. The maximum Gasteiger partial charge on any atom is 0.279 e. The molecule has 2 aliphatic heterocycles. The molecular weight excluding hydrogens is 574 g/mol. The molecule has 4 aromatic heterocycles. The SMILES string of the molecule is C[C@H](Oc1cc(-n2cc3ccn([C@@H]4CCOC4)c(=O)c3n2)nc(-c2noc3c2CCC[C@@]32CCCCC2=O)n1)[C@@H]1CCCN1C. The molecule has 4 aromatic rings. The van der Waals surface area contributed by atoms with Gasteiger partial charge >= 0.3 is 0 Å². The van der Waals surface area contributed by atoms with E-state index in [0.29, 0.717) is 54.1 Å². The Morgan fingerprint density at radius 1 is 1.09 bits per heavy atom. The van der Waals surface area contributed by atoms with E-state index in [1.165, 1.54) is 0 Å². The van der Waals surface area contributed by atoms with Gasteiger partial charge < -0.3 is 18.6 Å². The first-order chi connectivity index (χ1) is 21.9. The van der Waals surface area contributed by atoms with Crippen LogP contribution in [-0.4, -0.2) is 79.1 Å². The molecule has 0 aromatic carbocycles. The van der Waals surface area contributed by atoms with E-state index in [4.69, 9.17) is 29.1 Å². The molecule has 3 fully saturated rings. The van der Waals surface area contributed by atoms with Gasteiger partial charge in [-0.05, 0) is 77.9 Å². The lowest BCUT2D eigenvalue weighted by atomic mass is 9.64. The molecule has 8 rings (SSSR count). The van der Waals surface area contributed by atoms with Crippen molar-refractivity contribution < 1.29 is 18.8 Å². The Labute approximate surface area is 260 Å². The van der Waals surface area contributed by atoms with Crippen LogP contribution in [0, 0.1) is 0 Å². The Morgan fingerprint density at radius 2 is 1.98 bits per heavy atom. The maximum atomic E-state index is 13.5. The number of carbonyl (C=O) groups is 1. The van der Waals surface area contributed by atoms with Crippen LogP contribution in [0.2, 0.25) is 0 Å². The lowest BCUT2D eigenvalue weighted by Gasteiger charge is -2.36. The van der Waals surface area contributed by atoms with Gasteiger partial charge in [0.05, 0.1) is 18.1 Å². The van der Waals surface area contributed by atoms with E-state index in [0.717, 1.165) is 75.3 Å². The Hall–Kier alpha value is -3.90. The highest BCUT2D eigenvalue weighted by Crippen LogP contribution is 2.47. The summed E-state index contributed by atoms with van der Waals surface area (Å²) in [6, 6.07) is 3.95. The van der Waals surface area contributed by atoms with Crippen molar-refractivity contribution in [2.45, 2.75) is 94.7 Å². The van der Waals surface area contributed by atoms with Gasteiger partial charge in [-0.15, -0.1) is 0 Å². The second-order valence-electron chi connectivity index (χ2n) is 13.2. The van der Waals surface area contributed by atoms with E-state index in [9.17, 15) is 9.59 Å². The smallest absolute Gasteiger partial charge is 0.279 e. The molecule has 45 heavy (non-hydrogen) atoms. The van der Waals surface area contributed by atoms with Crippen LogP contribution >= 0.6 is 0 Å². The molecular formula is C33H39N7O5. The zero-order valence-corrected chi connectivity index (χ0v) is 25.9. The maximum absolute atomic E-state index is 13.5. The predicted molar refractivity (Wildman–Crippen MR) is 165 cm³/mol. The molecule has 1 saturated carbocycles. The van der Waals surface area contributed by atoms with E-state index in [1.807, 2.05) is 18.5 Å². The van der Waals surface area contributed by atoms with Gasteiger partial charge in [0.25, 0.3) is 5.56 Å². The van der Waals surface area contributed by atoms with Crippen molar-refractivity contribution in [1.82, 2.24) is 34.4 Å². The van der Waals surface area contributed by atoms with Crippen LogP contribution in [0.25, 0.3) is 28.2 Å². The van der Waals surface area contributed by atoms with Gasteiger partial charge in [-0.1, -0.05) is 11.6 Å². The van der Waals surface area contributed by atoms with Gasteiger partial charge in [0, 0.05) is 48.5 Å². The van der Waals surface area contributed by atoms with Crippen molar-refractivity contribution in [1.29, 1.82) is 0 Å². The highest BCUT2D eigenvalue weighted by molar-refractivity contribution is 5.91. The summed E-state index contributed by atoms with van der Waals surface area (Å²) in [5, 5.41) is 9.93. The summed E-state index contributed by atoms with van der Waals surface area (Å²) in [6.45, 7) is 4.27. The highest BCUT2D eigenvalue weighted by Gasteiger charge is 2.48. The molecule has 1 spiro atoms. The first-order valence-electron chi connectivity index (χ1n) is 16.4. The molecule has 6 heterocycles. The first-order valence-corrected chi connectivity index (χ1v) is 16.4. The molecule has 2 saturated heterocycles. The Morgan fingerprint density at radius 3 is 2.78 bits per heavy atom. The first kappa shape index (κ1) is 28.6. The second-order valence-corrected chi connectivity index (χ2v) is 13.2. The fourth-order valence-electron chi connectivity index (χ4n) is 8.04. The third-order valence-corrected chi connectivity index (χ3v) is 10.5. The predicted octanol–water partition coefficient (Wildman–Crippen LogP) is 4.17. The molecule has 0 N–H and O–H groups in total. The van der Waals surface area contributed by atoms with Crippen molar-refractivity contribution in [3.8, 4) is 23.2 Å². The summed E-state index contributed by atoms with van der Waals surface area (Å²) in [7, 11) is 2.12. The highest BCUT2D eigenvalue weighted by atomic mass is 16.5. The number of ketones is 1. The minimum atomic E-state index is -0.598. The molecule has 236 valence electrons. The number of likely N-dealkylation sites (tertiary alicyclic amines) is 1. The summed E-state index contributed by atoms with van der Waals surface area (Å²) < 4.78 is 21.4. The van der Waals surface area contributed by atoms with Crippen molar-refractivity contribution in [2.75, 3.05) is 26.8 Å². The largest absolute Gasteiger partial charge is 0.473 e. The lowest BCUT2D eigenvalue weighted by Crippen LogP contribution is -2.41. The average molecular weight is 614 g/mol. The molecule has 0 amide bonds. The molecule has 2 aliphatic carbocycles. The van der Waals surface area contributed by atoms with Crippen molar-refractivity contribution in [3.05, 3.63) is 46.2 Å². The minimum absolute atomic E-state index is 0.00518. The van der Waals surface area contributed by atoms with Crippen LogP contribution in [0.3, 0.4) is 0 Å².